The lowest BCUT2D eigenvalue weighted by Crippen LogP contribution is -1.97. The minimum absolute atomic E-state index is 0.412. The van der Waals surface area contributed by atoms with Crippen molar-refractivity contribution in [3.63, 3.8) is 0 Å². The van der Waals surface area contributed by atoms with Crippen molar-refractivity contribution in [2.75, 3.05) is 5.73 Å². The van der Waals surface area contributed by atoms with E-state index in [2.05, 4.69) is 25.1 Å². The molecule has 7 nitrogen and oxygen atoms in total. The Morgan fingerprint density at radius 3 is 3.14 bits per heavy atom. The smallest absolute Gasteiger partial charge is 0.182 e. The van der Waals surface area contributed by atoms with Gasteiger partial charge in [-0.15, -0.1) is 0 Å². The number of thiazole rings is 1. The van der Waals surface area contributed by atoms with Gasteiger partial charge in [-0.1, -0.05) is 22.9 Å². The van der Waals surface area contributed by atoms with E-state index in [1.165, 1.54) is 11.3 Å². The van der Waals surface area contributed by atoms with Crippen molar-refractivity contribution in [3.05, 3.63) is 36.0 Å². The number of nitrogens with one attached hydrogen (secondary N) is 1. The largest absolute Gasteiger partial charge is 0.375 e. The van der Waals surface area contributed by atoms with Gasteiger partial charge in [0.1, 0.15) is 16.2 Å². The van der Waals surface area contributed by atoms with Gasteiger partial charge < -0.3 is 5.73 Å². The lowest BCUT2D eigenvalue weighted by molar-refractivity contribution is 0.967. The van der Waals surface area contributed by atoms with E-state index in [0.29, 0.717) is 21.7 Å². The third-order valence-corrected chi connectivity index (χ3v) is 4.20. The maximum atomic E-state index is 6.16. The molecule has 0 aliphatic heterocycles. The molecular weight excluding hydrogens is 310 g/mol. The van der Waals surface area contributed by atoms with Crippen LogP contribution in [0, 0.1) is 0 Å². The number of nitrogen functional groups attached to an aromatic ring is 1. The summed E-state index contributed by atoms with van der Waals surface area (Å²) in [5.74, 6) is 0.687. The van der Waals surface area contributed by atoms with Crippen molar-refractivity contribution >= 4 is 38.4 Å². The predicted molar refractivity (Wildman–Crippen MR) is 81.5 cm³/mol. The summed E-state index contributed by atoms with van der Waals surface area (Å²) < 4.78 is 2.70. The zero-order chi connectivity index (χ0) is 14.4. The molecule has 0 atom stereocenters. The van der Waals surface area contributed by atoms with Gasteiger partial charge in [0.2, 0.25) is 0 Å². The van der Waals surface area contributed by atoms with Crippen molar-refractivity contribution in [2.24, 2.45) is 0 Å². The molecule has 0 spiro atoms. The van der Waals surface area contributed by atoms with Crippen molar-refractivity contribution < 1.29 is 0 Å². The molecule has 4 aromatic rings. The average molecular weight is 318 g/mol. The Balaban J connectivity index is 1.95. The second-order valence-electron chi connectivity index (χ2n) is 4.27. The van der Waals surface area contributed by atoms with Gasteiger partial charge in [0.15, 0.2) is 16.6 Å². The van der Waals surface area contributed by atoms with E-state index < -0.39 is 0 Å². The summed E-state index contributed by atoms with van der Waals surface area (Å²) in [6, 6.07) is 3.71. The summed E-state index contributed by atoms with van der Waals surface area (Å²) >= 11 is 7.53. The molecule has 0 aliphatic carbocycles. The van der Waals surface area contributed by atoms with Gasteiger partial charge >= 0.3 is 0 Å². The summed E-state index contributed by atoms with van der Waals surface area (Å²) in [4.78, 5) is 12.4. The van der Waals surface area contributed by atoms with E-state index >= 15 is 0 Å². The van der Waals surface area contributed by atoms with Gasteiger partial charge in [-0.05, 0) is 12.1 Å². The van der Waals surface area contributed by atoms with Crippen molar-refractivity contribution in [1.29, 1.82) is 0 Å². The van der Waals surface area contributed by atoms with E-state index in [4.69, 9.17) is 17.3 Å². The molecule has 0 aromatic carbocycles. The molecule has 0 radical (unpaired) electrons. The number of nitrogens with two attached hydrogens (primary N) is 1. The van der Waals surface area contributed by atoms with E-state index in [1.54, 1.807) is 18.7 Å². The number of imidazole rings is 1. The topological polar surface area (TPSA) is 98.3 Å². The first kappa shape index (κ1) is 12.3. The van der Waals surface area contributed by atoms with E-state index in [-0.39, 0.29) is 0 Å². The SMILES string of the molecule is Nc1nc2[nH]nc(-n3cncc3-c3cccnc3Cl)c2s1. The zero-order valence-electron chi connectivity index (χ0n) is 10.5. The second-order valence-corrected chi connectivity index (χ2v) is 5.66. The Morgan fingerprint density at radius 2 is 2.29 bits per heavy atom. The highest BCUT2D eigenvalue weighted by Crippen LogP contribution is 2.32. The monoisotopic (exact) mass is 317 g/mol. The van der Waals surface area contributed by atoms with Crippen LogP contribution in [0.25, 0.3) is 27.4 Å². The summed E-state index contributed by atoms with van der Waals surface area (Å²) in [6.07, 6.45) is 5.03. The van der Waals surface area contributed by atoms with E-state index in [1.807, 2.05) is 16.7 Å². The molecule has 21 heavy (non-hydrogen) atoms. The number of rotatable bonds is 2. The fourth-order valence-corrected chi connectivity index (χ4v) is 3.11. The zero-order valence-corrected chi connectivity index (χ0v) is 12.1. The maximum absolute atomic E-state index is 6.16. The lowest BCUT2D eigenvalue weighted by Gasteiger charge is -2.06. The predicted octanol–water partition coefficient (Wildman–Crippen LogP) is 2.50. The minimum Gasteiger partial charge on any atom is -0.375 e. The number of anilines is 1. The number of hydrogen-bond acceptors (Lipinski definition) is 6. The van der Waals surface area contributed by atoms with E-state index in [9.17, 15) is 0 Å². The summed E-state index contributed by atoms with van der Waals surface area (Å²) in [7, 11) is 0. The number of aromatic nitrogens is 6. The number of hydrogen-bond donors (Lipinski definition) is 2. The fourth-order valence-electron chi connectivity index (χ4n) is 2.12. The van der Waals surface area contributed by atoms with Crippen LogP contribution in [0.4, 0.5) is 5.13 Å². The molecule has 0 saturated carbocycles. The van der Waals surface area contributed by atoms with E-state index in [0.717, 1.165) is 16.0 Å². The van der Waals surface area contributed by atoms with Crippen molar-refractivity contribution in [1.82, 2.24) is 29.7 Å². The summed E-state index contributed by atoms with van der Waals surface area (Å²) in [6.45, 7) is 0. The van der Waals surface area contributed by atoms with Crippen LogP contribution < -0.4 is 5.73 Å². The fraction of sp³-hybridized carbons (Fsp3) is 0. The Bertz CT molecular complexity index is 938. The van der Waals surface area contributed by atoms with Crippen LogP contribution in [0.2, 0.25) is 5.15 Å². The first-order chi connectivity index (χ1) is 10.2. The van der Waals surface area contributed by atoms with Gasteiger partial charge in [-0.2, -0.15) is 5.10 Å². The molecule has 0 unspecified atom stereocenters. The highest BCUT2D eigenvalue weighted by molar-refractivity contribution is 7.22. The Morgan fingerprint density at radius 1 is 1.38 bits per heavy atom. The van der Waals surface area contributed by atoms with Gasteiger partial charge in [-0.25, -0.2) is 15.0 Å². The van der Waals surface area contributed by atoms with Gasteiger partial charge in [0, 0.05) is 11.8 Å². The molecule has 4 heterocycles. The maximum Gasteiger partial charge on any atom is 0.182 e. The Hall–Kier alpha value is -2.45. The number of aromatic amines is 1. The first-order valence-corrected chi connectivity index (χ1v) is 7.17. The third-order valence-electron chi connectivity index (χ3n) is 3.02. The summed E-state index contributed by atoms with van der Waals surface area (Å²) in [5, 5.41) is 8.04. The molecule has 0 fully saturated rings. The number of nitrogens with zero attached hydrogens (tertiary/aromatic N) is 5. The Kier molecular flexibility index (Phi) is 2.66. The number of halogens is 1. The van der Waals surface area contributed by atoms with Crippen molar-refractivity contribution in [2.45, 2.75) is 0 Å². The molecule has 0 saturated heterocycles. The quantitative estimate of drug-likeness (QED) is 0.553. The Labute approximate surface area is 127 Å². The van der Waals surface area contributed by atoms with Gasteiger partial charge in [-0.3, -0.25) is 9.67 Å². The average Bonchev–Trinajstić information content (AvgIpc) is 3.14. The number of fused-ring (bicyclic) bond motifs is 1. The highest BCUT2D eigenvalue weighted by Gasteiger charge is 2.17. The molecule has 0 aliphatic rings. The molecular formula is C12H8ClN7S. The minimum atomic E-state index is 0.412. The second kappa shape index (κ2) is 4.54. The van der Waals surface area contributed by atoms with Crippen LogP contribution in [-0.2, 0) is 0 Å². The molecule has 4 rings (SSSR count). The van der Waals surface area contributed by atoms with Crippen LogP contribution >= 0.6 is 22.9 Å². The molecule has 3 N–H and O–H groups in total. The third kappa shape index (κ3) is 1.88. The van der Waals surface area contributed by atoms with Crippen LogP contribution in [0.5, 0.6) is 0 Å². The molecule has 0 bridgehead atoms. The molecule has 9 heteroatoms. The molecule has 4 aromatic heterocycles. The van der Waals surface area contributed by atoms with Crippen LogP contribution in [0.3, 0.4) is 0 Å². The molecule has 0 amide bonds. The standard InChI is InChI=1S/C12H8ClN7S/c13-9-6(2-1-3-16-9)7-4-15-5-20(7)11-8-10(18-19-11)17-12(14)21-8/h1-5H,(H3,14,17,18,19). The van der Waals surface area contributed by atoms with Crippen LogP contribution in [0.1, 0.15) is 0 Å². The van der Waals surface area contributed by atoms with Crippen LogP contribution in [0.15, 0.2) is 30.9 Å². The number of H-pyrrole nitrogens is 1. The summed E-state index contributed by atoms with van der Waals surface area (Å²) in [5.41, 5.74) is 7.97. The normalized spacial score (nSPS) is 11.3. The molecule has 104 valence electrons. The number of pyridine rings is 1. The van der Waals surface area contributed by atoms with Gasteiger partial charge in [0.05, 0.1) is 11.9 Å². The highest BCUT2D eigenvalue weighted by atomic mass is 35.5. The van der Waals surface area contributed by atoms with Gasteiger partial charge in [0.25, 0.3) is 0 Å². The van der Waals surface area contributed by atoms with Crippen molar-refractivity contribution in [3.8, 4) is 17.1 Å². The van der Waals surface area contributed by atoms with Crippen LogP contribution in [-0.4, -0.2) is 29.7 Å². The first-order valence-electron chi connectivity index (χ1n) is 5.98. The lowest BCUT2D eigenvalue weighted by atomic mass is 10.2.